The number of amides is 1. The highest BCUT2D eigenvalue weighted by atomic mass is 35.5. The molecule has 0 radical (unpaired) electrons. The van der Waals surface area contributed by atoms with Gasteiger partial charge in [0.05, 0.1) is 33.7 Å². The van der Waals surface area contributed by atoms with Crippen LogP contribution in [-0.4, -0.2) is 29.3 Å². The van der Waals surface area contributed by atoms with Gasteiger partial charge in [0.15, 0.2) is 5.13 Å². The van der Waals surface area contributed by atoms with Gasteiger partial charge in [-0.3, -0.25) is 9.52 Å². The maximum atomic E-state index is 12.2. The number of nitrogens with one attached hydrogen (secondary N) is 3. The van der Waals surface area contributed by atoms with Crippen LogP contribution in [0, 0.1) is 0 Å². The highest BCUT2D eigenvalue weighted by molar-refractivity contribution is 7.90. The molecule has 1 fully saturated rings. The van der Waals surface area contributed by atoms with Crippen molar-refractivity contribution in [3.8, 4) is 0 Å². The molecule has 36 heavy (non-hydrogen) atoms. The maximum absolute atomic E-state index is 12.2. The lowest BCUT2D eigenvalue weighted by atomic mass is 10.0. The Kier molecular flexibility index (Phi) is 5.66. The van der Waals surface area contributed by atoms with Crippen molar-refractivity contribution in [3.05, 3.63) is 88.7 Å². The molecule has 1 aliphatic heterocycles. The lowest BCUT2D eigenvalue weighted by molar-refractivity contribution is -0.118. The Morgan fingerprint density at radius 3 is 2.61 bits per heavy atom. The molecule has 6 rings (SSSR count). The van der Waals surface area contributed by atoms with Gasteiger partial charge >= 0.3 is 0 Å². The molecule has 0 saturated carbocycles. The third-order valence-electron chi connectivity index (χ3n) is 6.18. The number of H-pyrrole nitrogens is 1. The number of carbonyl (C=O) groups is 1. The van der Waals surface area contributed by atoms with Crippen LogP contribution in [0.4, 0.5) is 5.13 Å². The van der Waals surface area contributed by atoms with Crippen molar-refractivity contribution in [1.29, 1.82) is 0 Å². The van der Waals surface area contributed by atoms with Crippen molar-refractivity contribution in [2.45, 2.75) is 24.1 Å². The number of aromatic amines is 1. The van der Waals surface area contributed by atoms with E-state index in [4.69, 9.17) is 21.6 Å². The molecule has 5 aromatic rings. The molecular weight excluding hydrogens is 518 g/mol. The second-order valence-electron chi connectivity index (χ2n) is 8.68. The van der Waals surface area contributed by atoms with Crippen molar-refractivity contribution in [1.82, 2.24) is 19.7 Å². The number of nitrogens with zero attached hydrogens (tertiary/aromatic N) is 2. The molecule has 1 unspecified atom stereocenters. The molecule has 2 aromatic heterocycles. The second-order valence-corrected chi connectivity index (χ2v) is 12.0. The fourth-order valence-electron chi connectivity index (χ4n) is 4.42. The average Bonchev–Trinajstić information content (AvgIpc) is 3.52. The van der Waals surface area contributed by atoms with Crippen LogP contribution in [0.25, 0.3) is 21.3 Å². The van der Waals surface area contributed by atoms with E-state index >= 15 is 0 Å². The number of carbonyl (C=O) groups excluding carboxylic acids is 1. The number of halogens is 1. The fourth-order valence-corrected chi connectivity index (χ4v) is 6.94. The summed E-state index contributed by atoms with van der Waals surface area (Å²) in [4.78, 5) is 24.5. The highest BCUT2D eigenvalue weighted by Gasteiger charge is 2.37. The molecule has 0 aliphatic carbocycles. The number of fused-ring (bicyclic) bond motifs is 2. The molecule has 3 heterocycles. The van der Waals surface area contributed by atoms with Crippen molar-refractivity contribution < 1.29 is 13.2 Å². The lowest BCUT2D eigenvalue weighted by Gasteiger charge is -2.17. The van der Waals surface area contributed by atoms with Crippen LogP contribution in [0.1, 0.15) is 34.7 Å². The number of hydrogen-bond donors (Lipinski definition) is 3. The van der Waals surface area contributed by atoms with E-state index in [9.17, 15) is 13.2 Å². The number of anilines is 1. The zero-order chi connectivity index (χ0) is 24.9. The Bertz CT molecular complexity index is 1680. The number of hydrogen-bond acceptors (Lipinski definition) is 7. The fraction of sp³-hybridized carbons (Fsp3) is 0.160. The van der Waals surface area contributed by atoms with Gasteiger partial charge in [-0.1, -0.05) is 59.3 Å². The molecule has 182 valence electrons. The standard InChI is InChI=1S/C25H20ClN5O3S2/c26-16-9-10-17-19(12-16)28-24(27-17)20(30-25-29-18-3-1-2-4-21(18)35-25)11-14-5-7-15(8-6-14)22-13-23(32)31-36(22,33)34/h1-10,12,20,22H,11,13H2,(H,27,28)(H,29,30)(H,31,32)/t20-,22?/m0/s1. The van der Waals surface area contributed by atoms with Gasteiger partial charge in [0, 0.05) is 5.02 Å². The van der Waals surface area contributed by atoms with Gasteiger partial charge in [0.2, 0.25) is 15.9 Å². The quantitative estimate of drug-likeness (QED) is 0.277. The average molecular weight is 538 g/mol. The molecule has 1 amide bonds. The lowest BCUT2D eigenvalue weighted by Crippen LogP contribution is -2.21. The van der Waals surface area contributed by atoms with Crippen LogP contribution < -0.4 is 10.0 Å². The van der Waals surface area contributed by atoms with Gasteiger partial charge in [0.25, 0.3) is 0 Å². The van der Waals surface area contributed by atoms with Gasteiger partial charge in [-0.15, -0.1) is 0 Å². The largest absolute Gasteiger partial charge is 0.351 e. The number of rotatable bonds is 6. The van der Waals surface area contributed by atoms with E-state index < -0.39 is 21.2 Å². The molecule has 1 aliphatic rings. The summed E-state index contributed by atoms with van der Waals surface area (Å²) in [6.45, 7) is 0. The predicted octanol–water partition coefficient (Wildman–Crippen LogP) is 5.11. The number of thiazole rings is 1. The summed E-state index contributed by atoms with van der Waals surface area (Å²) in [5.41, 5.74) is 4.14. The topological polar surface area (TPSA) is 117 Å². The van der Waals surface area contributed by atoms with E-state index in [2.05, 4.69) is 15.0 Å². The second kappa shape index (κ2) is 8.88. The molecule has 0 spiro atoms. The van der Waals surface area contributed by atoms with Crippen LogP contribution in [0.5, 0.6) is 0 Å². The molecule has 8 nitrogen and oxygen atoms in total. The molecule has 11 heteroatoms. The number of imidazole rings is 1. The molecule has 2 atom stereocenters. The van der Waals surface area contributed by atoms with Crippen molar-refractivity contribution in [3.63, 3.8) is 0 Å². The van der Waals surface area contributed by atoms with E-state index in [1.165, 1.54) is 0 Å². The van der Waals surface area contributed by atoms with Gasteiger partial charge in [-0.05, 0) is 47.9 Å². The minimum Gasteiger partial charge on any atom is -0.351 e. The Morgan fingerprint density at radius 2 is 1.86 bits per heavy atom. The van der Waals surface area contributed by atoms with E-state index in [1.54, 1.807) is 29.5 Å². The van der Waals surface area contributed by atoms with E-state index in [-0.39, 0.29) is 12.5 Å². The first-order chi connectivity index (χ1) is 17.3. The summed E-state index contributed by atoms with van der Waals surface area (Å²) < 4.78 is 27.6. The van der Waals surface area contributed by atoms with Crippen molar-refractivity contribution >= 4 is 65.2 Å². The van der Waals surface area contributed by atoms with Crippen LogP contribution in [-0.2, 0) is 21.2 Å². The van der Waals surface area contributed by atoms with E-state index in [1.807, 2.05) is 48.5 Å². The smallest absolute Gasteiger partial charge is 0.242 e. The normalized spacial score (nSPS) is 17.9. The van der Waals surface area contributed by atoms with Crippen molar-refractivity contribution in [2.75, 3.05) is 5.32 Å². The predicted molar refractivity (Wildman–Crippen MR) is 142 cm³/mol. The Balaban J connectivity index is 1.32. The Hall–Kier alpha value is -3.47. The first-order valence-corrected chi connectivity index (χ1v) is 14.0. The Labute approximate surface area is 215 Å². The highest BCUT2D eigenvalue weighted by Crippen LogP contribution is 2.33. The molecule has 3 N–H and O–H groups in total. The molecular formula is C25H20ClN5O3S2. The van der Waals surface area contributed by atoms with Crippen LogP contribution in [0.3, 0.4) is 0 Å². The summed E-state index contributed by atoms with van der Waals surface area (Å²) >= 11 is 7.74. The Morgan fingerprint density at radius 1 is 1.06 bits per heavy atom. The number of benzene rings is 3. The number of sulfonamides is 1. The summed E-state index contributed by atoms with van der Waals surface area (Å²) in [6, 6.07) is 20.6. The minimum absolute atomic E-state index is 0.0645. The summed E-state index contributed by atoms with van der Waals surface area (Å²) in [7, 11) is -3.68. The third kappa shape index (κ3) is 4.43. The van der Waals surface area contributed by atoms with Gasteiger partial charge in [-0.2, -0.15) is 0 Å². The van der Waals surface area contributed by atoms with E-state index in [0.717, 1.165) is 37.8 Å². The van der Waals surface area contributed by atoms with Crippen molar-refractivity contribution in [2.24, 2.45) is 0 Å². The monoisotopic (exact) mass is 537 g/mol. The van der Waals surface area contributed by atoms with Crippen LogP contribution in [0.2, 0.25) is 5.02 Å². The van der Waals surface area contributed by atoms with Gasteiger partial charge in [-0.25, -0.2) is 18.4 Å². The number of para-hydroxylation sites is 1. The molecule has 0 bridgehead atoms. The first-order valence-electron chi connectivity index (χ1n) is 11.2. The zero-order valence-electron chi connectivity index (χ0n) is 18.7. The summed E-state index contributed by atoms with van der Waals surface area (Å²) in [5.74, 6) is 0.262. The first kappa shape index (κ1) is 23.0. The molecule has 3 aromatic carbocycles. The van der Waals surface area contributed by atoms with Crippen LogP contribution >= 0.6 is 22.9 Å². The summed E-state index contributed by atoms with van der Waals surface area (Å²) in [5, 5.41) is 4.06. The minimum atomic E-state index is -3.68. The third-order valence-corrected chi connectivity index (χ3v) is 9.08. The number of aromatic nitrogens is 3. The van der Waals surface area contributed by atoms with Crippen LogP contribution in [0.15, 0.2) is 66.7 Å². The van der Waals surface area contributed by atoms with Gasteiger partial charge in [0.1, 0.15) is 11.1 Å². The molecule has 1 saturated heterocycles. The maximum Gasteiger partial charge on any atom is 0.242 e. The summed E-state index contributed by atoms with van der Waals surface area (Å²) in [6.07, 6.45) is 0.503. The van der Waals surface area contributed by atoms with E-state index in [0.29, 0.717) is 17.0 Å². The zero-order valence-corrected chi connectivity index (χ0v) is 21.1. The van der Waals surface area contributed by atoms with Gasteiger partial charge < -0.3 is 10.3 Å². The SMILES string of the molecule is O=C1CC(c2ccc(C[C@H](Nc3nc4ccccc4s3)c3nc4ccc(Cl)cc4[nH]3)cc2)S(=O)(=O)N1.